The predicted octanol–water partition coefficient (Wildman–Crippen LogP) is 5.02. The quantitative estimate of drug-likeness (QED) is 0.569. The smallest absolute Gasteiger partial charge is 0.259 e. The molecular weight excluding hydrogens is 324 g/mol. The molecule has 1 amide bonds. The number of aromatic nitrogens is 1. The Labute approximate surface area is 141 Å². The fraction of sp³-hybridized carbons (Fsp3) is 0.111. The van der Waals surface area contributed by atoms with Crippen LogP contribution in [-0.4, -0.2) is 10.9 Å². The highest BCUT2D eigenvalue weighted by molar-refractivity contribution is 7.16. The van der Waals surface area contributed by atoms with Crippen LogP contribution in [0, 0.1) is 13.8 Å². The number of benzene rings is 1. The number of furan rings is 2. The van der Waals surface area contributed by atoms with Crippen molar-refractivity contribution in [3.05, 3.63) is 59.4 Å². The second-order valence-corrected chi connectivity index (χ2v) is 6.35. The molecule has 1 N–H and O–H groups in total. The third-order valence-corrected chi connectivity index (χ3v) is 4.68. The highest BCUT2D eigenvalue weighted by atomic mass is 32.1. The lowest BCUT2D eigenvalue weighted by atomic mass is 10.0. The molecular formula is C18H14N2O3S. The second kappa shape index (κ2) is 5.65. The van der Waals surface area contributed by atoms with Crippen LogP contribution in [0.5, 0.6) is 0 Å². The predicted molar refractivity (Wildman–Crippen MR) is 93.5 cm³/mol. The number of amides is 1. The average molecular weight is 338 g/mol. The number of nitrogens with zero attached hydrogens (tertiary/aromatic N) is 1. The summed E-state index contributed by atoms with van der Waals surface area (Å²) in [7, 11) is 0. The van der Waals surface area contributed by atoms with Gasteiger partial charge < -0.3 is 14.2 Å². The number of nitrogens with one attached hydrogen (secondary N) is 1. The van der Waals surface area contributed by atoms with Gasteiger partial charge in [-0.2, -0.15) is 0 Å². The number of carbonyl (C=O) groups excluding carboxylic acids is 1. The van der Waals surface area contributed by atoms with Crippen molar-refractivity contribution >= 4 is 33.1 Å². The maximum Gasteiger partial charge on any atom is 0.259 e. The molecule has 0 spiro atoms. The van der Waals surface area contributed by atoms with Gasteiger partial charge in [0.2, 0.25) is 0 Å². The van der Waals surface area contributed by atoms with Gasteiger partial charge in [-0.25, -0.2) is 4.98 Å². The van der Waals surface area contributed by atoms with Crippen LogP contribution in [0.2, 0.25) is 0 Å². The molecule has 0 fully saturated rings. The number of hydrogen-bond donors (Lipinski definition) is 1. The molecule has 24 heavy (non-hydrogen) atoms. The molecule has 5 nitrogen and oxygen atoms in total. The lowest BCUT2D eigenvalue weighted by Crippen LogP contribution is -2.13. The standard InChI is InChI=1S/C18H14N2O3S/c1-10-16(12-5-6-22-8-12)17(11(2)23-10)18(21)20-13-3-4-14-15(7-13)24-9-19-14/h3-9H,1-2H3,(H,20,21). The zero-order valence-electron chi connectivity index (χ0n) is 13.1. The van der Waals surface area contributed by atoms with Gasteiger partial charge in [0.25, 0.3) is 5.91 Å². The van der Waals surface area contributed by atoms with Crippen molar-refractivity contribution in [1.82, 2.24) is 4.98 Å². The first-order valence-electron chi connectivity index (χ1n) is 7.40. The summed E-state index contributed by atoms with van der Waals surface area (Å²) in [6, 6.07) is 7.48. The van der Waals surface area contributed by atoms with E-state index in [-0.39, 0.29) is 5.91 Å². The molecule has 0 aliphatic carbocycles. The molecule has 0 saturated heterocycles. The molecule has 3 aromatic heterocycles. The minimum atomic E-state index is -0.204. The largest absolute Gasteiger partial charge is 0.472 e. The van der Waals surface area contributed by atoms with E-state index in [2.05, 4.69) is 10.3 Å². The zero-order chi connectivity index (χ0) is 16.7. The van der Waals surface area contributed by atoms with E-state index < -0.39 is 0 Å². The van der Waals surface area contributed by atoms with E-state index in [0.29, 0.717) is 17.1 Å². The Morgan fingerprint density at radius 1 is 1.21 bits per heavy atom. The van der Waals surface area contributed by atoms with E-state index in [1.807, 2.05) is 31.2 Å². The van der Waals surface area contributed by atoms with Gasteiger partial charge in [-0.15, -0.1) is 11.3 Å². The van der Waals surface area contributed by atoms with Gasteiger partial charge in [-0.1, -0.05) is 0 Å². The van der Waals surface area contributed by atoms with Gasteiger partial charge in [0.05, 0.1) is 33.8 Å². The van der Waals surface area contributed by atoms with E-state index in [4.69, 9.17) is 8.83 Å². The number of rotatable bonds is 3. The summed E-state index contributed by atoms with van der Waals surface area (Å²) in [5.41, 5.74) is 5.56. The van der Waals surface area contributed by atoms with Crippen molar-refractivity contribution in [2.24, 2.45) is 0 Å². The zero-order valence-corrected chi connectivity index (χ0v) is 13.9. The van der Waals surface area contributed by atoms with Crippen molar-refractivity contribution in [2.75, 3.05) is 5.32 Å². The molecule has 4 aromatic rings. The van der Waals surface area contributed by atoms with E-state index >= 15 is 0 Å². The molecule has 0 saturated carbocycles. The fourth-order valence-corrected chi connectivity index (χ4v) is 3.55. The van der Waals surface area contributed by atoms with Gasteiger partial charge in [0, 0.05) is 16.8 Å². The maximum absolute atomic E-state index is 12.8. The SMILES string of the molecule is Cc1oc(C)c(-c2ccoc2)c1C(=O)Nc1ccc2ncsc2c1. The van der Waals surface area contributed by atoms with E-state index in [1.165, 1.54) is 11.3 Å². The Balaban J connectivity index is 1.72. The number of hydrogen-bond acceptors (Lipinski definition) is 5. The minimum absolute atomic E-state index is 0.204. The molecule has 0 unspecified atom stereocenters. The van der Waals surface area contributed by atoms with Crippen molar-refractivity contribution in [2.45, 2.75) is 13.8 Å². The van der Waals surface area contributed by atoms with Crippen molar-refractivity contribution in [3.63, 3.8) is 0 Å². The molecule has 4 rings (SSSR count). The van der Waals surface area contributed by atoms with Crippen LogP contribution in [-0.2, 0) is 0 Å². The van der Waals surface area contributed by atoms with Gasteiger partial charge in [-0.05, 0) is 38.1 Å². The van der Waals surface area contributed by atoms with E-state index in [1.54, 1.807) is 25.0 Å². The molecule has 0 aliphatic rings. The second-order valence-electron chi connectivity index (χ2n) is 5.47. The van der Waals surface area contributed by atoms with Crippen molar-refractivity contribution < 1.29 is 13.6 Å². The van der Waals surface area contributed by atoms with Gasteiger partial charge in [0.15, 0.2) is 0 Å². The summed E-state index contributed by atoms with van der Waals surface area (Å²) in [6.07, 6.45) is 3.19. The summed E-state index contributed by atoms with van der Waals surface area (Å²) in [5, 5.41) is 2.95. The van der Waals surface area contributed by atoms with Gasteiger partial charge in [0.1, 0.15) is 11.5 Å². The molecule has 0 atom stereocenters. The van der Waals surface area contributed by atoms with Crippen LogP contribution in [0.4, 0.5) is 5.69 Å². The lowest BCUT2D eigenvalue weighted by Gasteiger charge is -2.06. The monoisotopic (exact) mass is 338 g/mol. The minimum Gasteiger partial charge on any atom is -0.472 e. The molecule has 0 radical (unpaired) electrons. The normalized spacial score (nSPS) is 11.1. The Bertz CT molecular complexity index is 1030. The van der Waals surface area contributed by atoms with Crippen molar-refractivity contribution in [1.29, 1.82) is 0 Å². The molecule has 1 aromatic carbocycles. The molecule has 120 valence electrons. The first kappa shape index (κ1) is 14.7. The Kier molecular flexibility index (Phi) is 3.46. The number of fused-ring (bicyclic) bond motifs is 1. The van der Waals surface area contributed by atoms with Crippen LogP contribution in [0.3, 0.4) is 0 Å². The van der Waals surface area contributed by atoms with E-state index in [9.17, 15) is 4.79 Å². The van der Waals surface area contributed by atoms with Crippen molar-refractivity contribution in [3.8, 4) is 11.1 Å². The number of carbonyl (C=O) groups is 1. The Morgan fingerprint density at radius 2 is 2.08 bits per heavy atom. The fourth-order valence-electron chi connectivity index (χ4n) is 2.84. The highest BCUT2D eigenvalue weighted by Gasteiger charge is 2.23. The Morgan fingerprint density at radius 3 is 2.88 bits per heavy atom. The van der Waals surface area contributed by atoms with Gasteiger partial charge >= 0.3 is 0 Å². The third-order valence-electron chi connectivity index (χ3n) is 3.89. The molecule has 0 bridgehead atoms. The molecule has 0 aliphatic heterocycles. The first-order chi connectivity index (χ1) is 11.6. The maximum atomic E-state index is 12.8. The van der Waals surface area contributed by atoms with Crippen LogP contribution in [0.15, 0.2) is 51.1 Å². The number of thiazole rings is 1. The average Bonchev–Trinajstić information content (AvgIpc) is 3.26. The van der Waals surface area contributed by atoms with Gasteiger partial charge in [-0.3, -0.25) is 4.79 Å². The van der Waals surface area contributed by atoms with Crippen LogP contribution in [0.25, 0.3) is 21.3 Å². The van der Waals surface area contributed by atoms with Crippen LogP contribution in [0.1, 0.15) is 21.9 Å². The third kappa shape index (κ3) is 2.41. The highest BCUT2D eigenvalue weighted by Crippen LogP contribution is 2.33. The number of anilines is 1. The van der Waals surface area contributed by atoms with Crippen LogP contribution < -0.4 is 5.32 Å². The topological polar surface area (TPSA) is 68.3 Å². The van der Waals surface area contributed by atoms with Crippen LogP contribution >= 0.6 is 11.3 Å². The summed E-state index contributed by atoms with van der Waals surface area (Å²) in [6.45, 7) is 3.63. The summed E-state index contributed by atoms with van der Waals surface area (Å²) in [5.74, 6) is 1.07. The first-order valence-corrected chi connectivity index (χ1v) is 8.28. The molecule has 3 heterocycles. The summed E-state index contributed by atoms with van der Waals surface area (Å²) >= 11 is 1.54. The number of aryl methyl sites for hydroxylation is 2. The van der Waals surface area contributed by atoms with E-state index in [0.717, 1.165) is 27.0 Å². The summed E-state index contributed by atoms with van der Waals surface area (Å²) in [4.78, 5) is 17.1. The molecule has 6 heteroatoms. The summed E-state index contributed by atoms with van der Waals surface area (Å²) < 4.78 is 11.9. The Hall–Kier alpha value is -2.86. The lowest BCUT2D eigenvalue weighted by molar-refractivity contribution is 0.102.